The Kier molecular flexibility index (Phi) is 4.41. The molecule has 0 aliphatic heterocycles. The number of hydrogen-bond donors (Lipinski definition) is 3. The van der Waals surface area contributed by atoms with Crippen molar-refractivity contribution in [3.05, 3.63) is 60.0 Å². The molecule has 3 aromatic rings. The molecule has 0 aliphatic carbocycles. The molecule has 0 amide bonds. The fraction of sp³-hybridized carbons (Fsp3) is 0.125. The molecule has 7 heteroatoms. The van der Waals surface area contributed by atoms with Crippen LogP contribution in [0.4, 0.5) is 0 Å². The lowest BCUT2D eigenvalue weighted by Gasteiger charge is -2.08. The summed E-state index contributed by atoms with van der Waals surface area (Å²) in [6.07, 6.45) is 3.93. The standard InChI is InChI=1S/C16H16BN3O3/c1-23-12-6-4-11(5-7-12)9-15-13(10-19-20-15)16-14(17(21)22)3-2-8-18-16/h2-8,10,21-22H,9H2,1H3,(H,19,20). The predicted molar refractivity (Wildman–Crippen MR) is 87.4 cm³/mol. The van der Waals surface area contributed by atoms with Crippen molar-refractivity contribution >= 4 is 12.6 Å². The highest BCUT2D eigenvalue weighted by atomic mass is 16.5. The number of methoxy groups -OCH3 is 1. The maximum Gasteiger partial charge on any atom is 0.490 e. The first-order chi connectivity index (χ1) is 11.2. The SMILES string of the molecule is COc1ccc(Cc2n[nH]cc2-c2ncccc2B(O)O)cc1. The first-order valence-electron chi connectivity index (χ1n) is 7.16. The van der Waals surface area contributed by atoms with Gasteiger partial charge in [-0.25, -0.2) is 0 Å². The van der Waals surface area contributed by atoms with Gasteiger partial charge in [-0.2, -0.15) is 5.10 Å². The lowest BCUT2D eigenvalue weighted by molar-refractivity contribution is 0.414. The fourth-order valence-corrected chi connectivity index (χ4v) is 2.45. The average Bonchev–Trinajstić information content (AvgIpc) is 3.03. The average molecular weight is 309 g/mol. The molecule has 2 aromatic heterocycles. The number of benzene rings is 1. The van der Waals surface area contributed by atoms with Gasteiger partial charge in [-0.15, -0.1) is 0 Å². The molecule has 2 heterocycles. The highest BCUT2D eigenvalue weighted by Crippen LogP contribution is 2.22. The molecule has 6 nitrogen and oxygen atoms in total. The second-order valence-corrected chi connectivity index (χ2v) is 5.09. The number of aromatic nitrogens is 3. The second kappa shape index (κ2) is 6.64. The van der Waals surface area contributed by atoms with E-state index in [1.54, 1.807) is 31.6 Å². The fourth-order valence-electron chi connectivity index (χ4n) is 2.45. The molecule has 3 rings (SSSR count). The first-order valence-corrected chi connectivity index (χ1v) is 7.16. The van der Waals surface area contributed by atoms with Gasteiger partial charge in [0.1, 0.15) is 5.75 Å². The number of hydrogen-bond acceptors (Lipinski definition) is 5. The van der Waals surface area contributed by atoms with Gasteiger partial charge in [0.2, 0.25) is 0 Å². The van der Waals surface area contributed by atoms with Crippen molar-refractivity contribution in [2.45, 2.75) is 6.42 Å². The second-order valence-electron chi connectivity index (χ2n) is 5.09. The lowest BCUT2D eigenvalue weighted by Crippen LogP contribution is -2.32. The third-order valence-corrected chi connectivity index (χ3v) is 3.62. The molecule has 1 aromatic carbocycles. The van der Waals surface area contributed by atoms with E-state index in [-0.39, 0.29) is 0 Å². The summed E-state index contributed by atoms with van der Waals surface area (Å²) in [6, 6.07) is 11.0. The Morgan fingerprint density at radius 2 is 1.96 bits per heavy atom. The molecule has 0 saturated carbocycles. The third kappa shape index (κ3) is 3.25. The van der Waals surface area contributed by atoms with Gasteiger partial charge in [-0.3, -0.25) is 10.1 Å². The number of H-pyrrole nitrogens is 1. The largest absolute Gasteiger partial charge is 0.497 e. The van der Waals surface area contributed by atoms with E-state index in [0.29, 0.717) is 17.6 Å². The van der Waals surface area contributed by atoms with Gasteiger partial charge < -0.3 is 14.8 Å². The Balaban J connectivity index is 1.93. The van der Waals surface area contributed by atoms with E-state index in [1.807, 2.05) is 24.3 Å². The van der Waals surface area contributed by atoms with Crippen LogP contribution in [0.3, 0.4) is 0 Å². The van der Waals surface area contributed by atoms with Crippen molar-refractivity contribution in [1.82, 2.24) is 15.2 Å². The third-order valence-electron chi connectivity index (χ3n) is 3.62. The summed E-state index contributed by atoms with van der Waals surface area (Å²) in [5, 5.41) is 26.1. The number of nitrogens with one attached hydrogen (secondary N) is 1. The Morgan fingerprint density at radius 1 is 1.17 bits per heavy atom. The first kappa shape index (κ1) is 15.3. The molecule has 3 N–H and O–H groups in total. The maximum atomic E-state index is 9.51. The topological polar surface area (TPSA) is 91.3 Å². The van der Waals surface area contributed by atoms with Crippen LogP contribution < -0.4 is 10.2 Å². The quantitative estimate of drug-likeness (QED) is 0.605. The lowest BCUT2D eigenvalue weighted by atomic mass is 9.77. The molecule has 0 unspecified atom stereocenters. The number of rotatable bonds is 5. The Labute approximate surface area is 133 Å². The normalized spacial score (nSPS) is 10.6. The monoisotopic (exact) mass is 309 g/mol. The predicted octanol–water partition coefficient (Wildman–Crippen LogP) is 0.751. The summed E-state index contributed by atoms with van der Waals surface area (Å²) in [7, 11) is 0.0475. The van der Waals surface area contributed by atoms with Crippen molar-refractivity contribution in [3.8, 4) is 17.0 Å². The minimum atomic E-state index is -1.58. The van der Waals surface area contributed by atoms with Gasteiger partial charge in [0.15, 0.2) is 0 Å². The van der Waals surface area contributed by atoms with Crippen molar-refractivity contribution in [2.24, 2.45) is 0 Å². The van der Waals surface area contributed by atoms with Crippen molar-refractivity contribution in [3.63, 3.8) is 0 Å². The van der Waals surface area contributed by atoms with Gasteiger partial charge in [-0.1, -0.05) is 18.2 Å². The van der Waals surface area contributed by atoms with Crippen LogP contribution in [0.1, 0.15) is 11.3 Å². The number of ether oxygens (including phenoxy) is 1. The molecule has 0 radical (unpaired) electrons. The van der Waals surface area contributed by atoms with E-state index in [4.69, 9.17) is 4.74 Å². The van der Waals surface area contributed by atoms with Crippen molar-refractivity contribution in [2.75, 3.05) is 7.11 Å². The molecule has 116 valence electrons. The number of nitrogens with zero attached hydrogens (tertiary/aromatic N) is 2. The summed E-state index contributed by atoms with van der Waals surface area (Å²) >= 11 is 0. The summed E-state index contributed by atoms with van der Waals surface area (Å²) in [5.74, 6) is 0.798. The highest BCUT2D eigenvalue weighted by molar-refractivity contribution is 6.60. The van der Waals surface area contributed by atoms with E-state index >= 15 is 0 Å². The van der Waals surface area contributed by atoms with E-state index in [9.17, 15) is 10.0 Å². The van der Waals surface area contributed by atoms with E-state index < -0.39 is 7.12 Å². The van der Waals surface area contributed by atoms with Crippen LogP contribution in [0.2, 0.25) is 0 Å². The maximum absolute atomic E-state index is 9.51. The molecular weight excluding hydrogens is 293 g/mol. The molecule has 0 fully saturated rings. The van der Waals surface area contributed by atoms with Crippen LogP contribution in [0.25, 0.3) is 11.3 Å². The molecule has 23 heavy (non-hydrogen) atoms. The van der Waals surface area contributed by atoms with Crippen LogP contribution >= 0.6 is 0 Å². The van der Waals surface area contributed by atoms with Crippen molar-refractivity contribution in [1.29, 1.82) is 0 Å². The zero-order valence-electron chi connectivity index (χ0n) is 12.6. The zero-order valence-corrected chi connectivity index (χ0v) is 12.6. The Bertz CT molecular complexity index is 787. The van der Waals surface area contributed by atoms with Crippen LogP contribution in [0.15, 0.2) is 48.8 Å². The summed E-state index contributed by atoms with van der Waals surface area (Å²) in [6.45, 7) is 0. The van der Waals surface area contributed by atoms with Gasteiger partial charge >= 0.3 is 7.12 Å². The van der Waals surface area contributed by atoms with Crippen LogP contribution in [-0.4, -0.2) is 39.5 Å². The van der Waals surface area contributed by atoms with E-state index in [2.05, 4.69) is 15.2 Å². The van der Waals surface area contributed by atoms with E-state index in [0.717, 1.165) is 22.6 Å². The van der Waals surface area contributed by atoms with Gasteiger partial charge in [0.25, 0.3) is 0 Å². The Hall–Kier alpha value is -2.64. The minimum Gasteiger partial charge on any atom is -0.497 e. The van der Waals surface area contributed by atoms with Crippen molar-refractivity contribution < 1.29 is 14.8 Å². The molecule has 0 spiro atoms. The number of pyridine rings is 1. The number of aromatic amines is 1. The van der Waals surface area contributed by atoms with Crippen LogP contribution in [0, 0.1) is 0 Å². The summed E-state index contributed by atoms with van der Waals surface area (Å²) < 4.78 is 5.15. The van der Waals surface area contributed by atoms with Gasteiger partial charge in [0.05, 0.1) is 18.5 Å². The highest BCUT2D eigenvalue weighted by Gasteiger charge is 2.20. The molecule has 0 atom stereocenters. The zero-order chi connectivity index (χ0) is 16.2. The summed E-state index contributed by atoms with van der Waals surface area (Å²) in [5.41, 5.74) is 3.48. The van der Waals surface area contributed by atoms with Crippen LogP contribution in [0.5, 0.6) is 5.75 Å². The van der Waals surface area contributed by atoms with Gasteiger partial charge in [-0.05, 0) is 23.8 Å². The molecule has 0 saturated heterocycles. The van der Waals surface area contributed by atoms with Gasteiger partial charge in [0, 0.05) is 29.8 Å². The van der Waals surface area contributed by atoms with E-state index in [1.165, 1.54) is 0 Å². The minimum absolute atomic E-state index is 0.352. The smallest absolute Gasteiger partial charge is 0.490 e. The molecular formula is C16H16BN3O3. The Morgan fingerprint density at radius 3 is 2.65 bits per heavy atom. The summed E-state index contributed by atoms with van der Waals surface area (Å²) in [4.78, 5) is 4.27. The molecule has 0 bridgehead atoms. The van der Waals surface area contributed by atoms with Crippen LogP contribution in [-0.2, 0) is 6.42 Å². The molecule has 0 aliphatic rings.